The number of fused-ring (bicyclic) bond motifs is 1. The monoisotopic (exact) mass is 475 g/mol. The SMILES string of the molecule is CC(C)(C)C1C=c2nc(C(F)(F)F)n(-c3ccc(NC(=O)c4cccc(F)c4F)cc3)c2=CC1. The number of nitrogens with one attached hydrogen (secondary N) is 1. The molecule has 0 radical (unpaired) electrons. The zero-order valence-electron chi connectivity index (χ0n) is 18.7. The molecule has 0 spiro atoms. The van der Waals surface area contributed by atoms with Gasteiger partial charge in [0, 0.05) is 11.4 Å². The number of hydrogen-bond acceptors (Lipinski definition) is 2. The van der Waals surface area contributed by atoms with Gasteiger partial charge in [0.25, 0.3) is 5.91 Å². The van der Waals surface area contributed by atoms with Crippen molar-refractivity contribution < 1.29 is 26.7 Å². The standard InChI is InChI=1S/C25H22F5N3O/c1-24(2,3)14-7-12-20-19(13-14)32-23(25(28,29)30)33(20)16-10-8-15(9-11-16)31-22(34)17-5-4-6-18(26)21(17)27/h4-6,8-14H,7H2,1-3H3,(H,31,34). The van der Waals surface area contributed by atoms with Crippen molar-refractivity contribution in [2.45, 2.75) is 33.4 Å². The van der Waals surface area contributed by atoms with Crippen LogP contribution in [0.3, 0.4) is 0 Å². The van der Waals surface area contributed by atoms with Crippen LogP contribution in [0.25, 0.3) is 17.8 Å². The Morgan fingerprint density at radius 1 is 1.06 bits per heavy atom. The Labute approximate surface area is 192 Å². The number of hydrogen-bond donors (Lipinski definition) is 1. The van der Waals surface area contributed by atoms with Gasteiger partial charge < -0.3 is 5.32 Å². The van der Waals surface area contributed by atoms with Crippen molar-refractivity contribution in [2.24, 2.45) is 11.3 Å². The molecule has 9 heteroatoms. The fourth-order valence-electron chi connectivity index (χ4n) is 3.89. The normalized spacial score (nSPS) is 15.8. The van der Waals surface area contributed by atoms with Gasteiger partial charge in [0.15, 0.2) is 11.6 Å². The van der Waals surface area contributed by atoms with Crippen molar-refractivity contribution in [3.8, 4) is 5.69 Å². The fraction of sp³-hybridized carbons (Fsp3) is 0.280. The summed E-state index contributed by atoms with van der Waals surface area (Å²) in [4.78, 5) is 16.2. The highest BCUT2D eigenvalue weighted by Gasteiger charge is 2.38. The zero-order chi connectivity index (χ0) is 24.8. The molecule has 34 heavy (non-hydrogen) atoms. The molecule has 1 atom stereocenters. The maximum atomic E-state index is 13.9. The van der Waals surface area contributed by atoms with Gasteiger partial charge in [-0.3, -0.25) is 9.36 Å². The number of amides is 1. The third-order valence-electron chi connectivity index (χ3n) is 5.81. The van der Waals surface area contributed by atoms with E-state index in [0.717, 1.165) is 16.7 Å². The van der Waals surface area contributed by atoms with Crippen LogP contribution in [0, 0.1) is 23.0 Å². The van der Waals surface area contributed by atoms with Gasteiger partial charge in [-0.1, -0.05) is 39.0 Å². The van der Waals surface area contributed by atoms with Gasteiger partial charge in [-0.25, -0.2) is 13.8 Å². The van der Waals surface area contributed by atoms with Crippen LogP contribution < -0.4 is 16.0 Å². The Morgan fingerprint density at radius 3 is 2.35 bits per heavy atom. The lowest BCUT2D eigenvalue weighted by Crippen LogP contribution is -2.36. The third-order valence-corrected chi connectivity index (χ3v) is 5.81. The van der Waals surface area contributed by atoms with Crippen molar-refractivity contribution in [1.29, 1.82) is 0 Å². The molecule has 1 N–H and O–H groups in total. The number of benzene rings is 2. The van der Waals surface area contributed by atoms with Crippen LogP contribution in [-0.2, 0) is 6.18 Å². The minimum absolute atomic E-state index is 0.0465. The molecule has 1 aliphatic rings. The van der Waals surface area contributed by atoms with Gasteiger partial charge in [0.1, 0.15) is 0 Å². The van der Waals surface area contributed by atoms with Crippen LogP contribution in [0.15, 0.2) is 42.5 Å². The van der Waals surface area contributed by atoms with E-state index in [9.17, 15) is 26.7 Å². The van der Waals surface area contributed by atoms with Crippen LogP contribution in [0.4, 0.5) is 27.6 Å². The summed E-state index contributed by atoms with van der Waals surface area (Å²) in [5, 5.41) is 3.05. The van der Waals surface area contributed by atoms with Gasteiger partial charge in [-0.2, -0.15) is 13.2 Å². The molecule has 1 heterocycles. The molecule has 4 rings (SSSR count). The fourth-order valence-corrected chi connectivity index (χ4v) is 3.89. The molecule has 1 unspecified atom stereocenters. The smallest absolute Gasteiger partial charge is 0.322 e. The molecule has 1 aliphatic carbocycles. The number of anilines is 1. The summed E-state index contributed by atoms with van der Waals surface area (Å²) in [6.07, 6.45) is -0.565. The molecule has 4 nitrogen and oxygen atoms in total. The van der Waals surface area contributed by atoms with Gasteiger partial charge in [0.2, 0.25) is 5.82 Å². The van der Waals surface area contributed by atoms with Crippen LogP contribution in [0.2, 0.25) is 0 Å². The molecule has 3 aromatic rings. The minimum atomic E-state index is -4.68. The molecule has 0 bridgehead atoms. The number of alkyl halides is 3. The Bertz CT molecular complexity index is 1370. The van der Waals surface area contributed by atoms with Crippen LogP contribution in [-0.4, -0.2) is 15.5 Å². The molecular formula is C25H22F5N3O. The third kappa shape index (κ3) is 4.47. The molecule has 0 saturated carbocycles. The van der Waals surface area contributed by atoms with Crippen molar-refractivity contribution in [2.75, 3.05) is 5.32 Å². The summed E-state index contributed by atoms with van der Waals surface area (Å²) >= 11 is 0. The van der Waals surface area contributed by atoms with Crippen LogP contribution >= 0.6 is 0 Å². The zero-order valence-corrected chi connectivity index (χ0v) is 18.7. The van der Waals surface area contributed by atoms with Crippen LogP contribution in [0.1, 0.15) is 43.4 Å². The molecule has 0 fully saturated rings. The molecular weight excluding hydrogens is 453 g/mol. The summed E-state index contributed by atoms with van der Waals surface area (Å²) in [6.45, 7) is 6.08. The highest BCUT2D eigenvalue weighted by Crippen LogP contribution is 2.32. The average Bonchev–Trinajstić information content (AvgIpc) is 3.15. The first-order valence-electron chi connectivity index (χ1n) is 10.6. The van der Waals surface area contributed by atoms with Crippen molar-refractivity contribution in [3.05, 3.63) is 76.2 Å². The maximum Gasteiger partial charge on any atom is 0.450 e. The van der Waals surface area contributed by atoms with Gasteiger partial charge in [0.05, 0.1) is 16.3 Å². The first kappa shape index (κ1) is 23.7. The second-order valence-electron chi connectivity index (χ2n) is 9.22. The average molecular weight is 475 g/mol. The maximum absolute atomic E-state index is 13.9. The second-order valence-corrected chi connectivity index (χ2v) is 9.22. The molecule has 0 aliphatic heterocycles. The Balaban J connectivity index is 1.70. The number of rotatable bonds is 3. The molecule has 1 aromatic heterocycles. The van der Waals surface area contributed by atoms with Gasteiger partial charge >= 0.3 is 6.18 Å². The Morgan fingerprint density at radius 2 is 1.74 bits per heavy atom. The number of imidazole rings is 1. The van der Waals surface area contributed by atoms with E-state index in [4.69, 9.17) is 0 Å². The predicted octanol–water partition coefficient (Wildman–Crippen LogP) is 5.05. The lowest BCUT2D eigenvalue weighted by Gasteiger charge is -2.28. The first-order chi connectivity index (χ1) is 15.9. The van der Waals surface area contributed by atoms with Crippen molar-refractivity contribution >= 4 is 23.7 Å². The number of halogens is 5. The topological polar surface area (TPSA) is 46.9 Å². The summed E-state index contributed by atoms with van der Waals surface area (Å²) < 4.78 is 69.8. The number of carbonyl (C=O) groups excluding carboxylic acids is 1. The highest BCUT2D eigenvalue weighted by molar-refractivity contribution is 6.04. The van der Waals surface area contributed by atoms with E-state index in [-0.39, 0.29) is 28.1 Å². The van der Waals surface area contributed by atoms with E-state index in [1.165, 1.54) is 30.3 Å². The predicted molar refractivity (Wildman–Crippen MR) is 119 cm³/mol. The number of carbonyl (C=O) groups is 1. The Hall–Kier alpha value is -3.49. The molecule has 2 aromatic carbocycles. The Kier molecular flexibility index (Phi) is 5.83. The van der Waals surface area contributed by atoms with Crippen molar-refractivity contribution in [3.63, 3.8) is 0 Å². The molecule has 0 saturated heterocycles. The molecule has 178 valence electrons. The number of aromatic nitrogens is 2. The first-order valence-corrected chi connectivity index (χ1v) is 10.6. The summed E-state index contributed by atoms with van der Waals surface area (Å²) in [5.41, 5.74) is -0.194. The highest BCUT2D eigenvalue weighted by atomic mass is 19.4. The van der Waals surface area contributed by atoms with Crippen molar-refractivity contribution in [1.82, 2.24) is 9.55 Å². The van der Waals surface area contributed by atoms with Gasteiger partial charge in [-0.15, -0.1) is 0 Å². The second kappa shape index (κ2) is 8.38. The molecule has 1 amide bonds. The van der Waals surface area contributed by atoms with E-state index >= 15 is 0 Å². The van der Waals surface area contributed by atoms with Gasteiger partial charge in [-0.05, 0) is 54.2 Å². The van der Waals surface area contributed by atoms with E-state index in [1.54, 1.807) is 12.2 Å². The number of nitrogens with zero attached hydrogens (tertiary/aromatic N) is 2. The largest absolute Gasteiger partial charge is 0.450 e. The lowest BCUT2D eigenvalue weighted by atomic mass is 9.77. The van der Waals surface area contributed by atoms with E-state index in [0.29, 0.717) is 11.8 Å². The minimum Gasteiger partial charge on any atom is -0.322 e. The van der Waals surface area contributed by atoms with Crippen LogP contribution in [0.5, 0.6) is 0 Å². The summed E-state index contributed by atoms with van der Waals surface area (Å²) in [7, 11) is 0. The van der Waals surface area contributed by atoms with E-state index < -0.39 is 35.1 Å². The quantitative estimate of drug-likeness (QED) is 0.539. The lowest BCUT2D eigenvalue weighted by molar-refractivity contribution is -0.146. The summed E-state index contributed by atoms with van der Waals surface area (Å²) in [5.74, 6) is -4.31. The van der Waals surface area contributed by atoms with E-state index in [2.05, 4.69) is 10.3 Å². The summed E-state index contributed by atoms with van der Waals surface area (Å²) in [6, 6.07) is 8.81. The van der Waals surface area contributed by atoms with E-state index in [1.807, 2.05) is 20.8 Å².